The van der Waals surface area contributed by atoms with Crippen LogP contribution in [0.3, 0.4) is 0 Å². The number of carbonyl (C=O) groups is 1. The number of nitrogens with one attached hydrogen (secondary N) is 3. The summed E-state index contributed by atoms with van der Waals surface area (Å²) in [5.74, 6) is -2.99. The summed E-state index contributed by atoms with van der Waals surface area (Å²) in [5, 5.41) is 6.35. The number of nitrogens with zero attached hydrogens (tertiary/aromatic N) is 3. The normalized spacial score (nSPS) is 11.8. The fourth-order valence-corrected chi connectivity index (χ4v) is 5.91. The van der Waals surface area contributed by atoms with Gasteiger partial charge >= 0.3 is 0 Å². The number of thiazole rings is 1. The van der Waals surface area contributed by atoms with Crippen LogP contribution in [0, 0.1) is 17.5 Å². The molecule has 2 aromatic heterocycles. The molecular formula is C27H27F3N6O3S2. The van der Waals surface area contributed by atoms with E-state index in [1.807, 2.05) is 25.5 Å². The predicted molar refractivity (Wildman–Crippen MR) is 152 cm³/mol. The van der Waals surface area contributed by atoms with Crippen molar-refractivity contribution < 1.29 is 26.4 Å². The van der Waals surface area contributed by atoms with Crippen LogP contribution in [-0.4, -0.2) is 42.4 Å². The maximum Gasteiger partial charge on any atom is 0.265 e. The maximum absolute atomic E-state index is 15.9. The molecule has 14 heteroatoms. The largest absolute Gasteiger partial charge is 0.355 e. The SMILES string of the molecule is CC(=O)NCCNc1nccc(-c2sc(C(C)(C)C)nc2-c2cccc(NS(=O)(=O)c3cc(F)ccc3F)c2F)n1. The molecule has 0 saturated carbocycles. The molecule has 0 atom stereocenters. The lowest BCUT2D eigenvalue weighted by atomic mass is 9.98. The zero-order valence-electron chi connectivity index (χ0n) is 22.5. The number of aromatic nitrogens is 3. The standard InChI is InChI=1S/C27H27F3N6O3S2/c1-15(37)31-12-13-33-26-32-11-10-20(34-26)24-23(35-25(40-24)27(2,3)4)17-6-5-7-19(22(17)30)36-41(38,39)21-14-16(28)8-9-18(21)29/h5-11,14,36H,12-13H2,1-4H3,(H,31,37)(H,32,33,34). The van der Waals surface area contributed by atoms with E-state index in [0.29, 0.717) is 40.8 Å². The van der Waals surface area contributed by atoms with E-state index < -0.39 is 43.5 Å². The third-order valence-electron chi connectivity index (χ3n) is 5.62. The van der Waals surface area contributed by atoms with Gasteiger partial charge in [0.2, 0.25) is 11.9 Å². The Kier molecular flexibility index (Phi) is 8.63. The van der Waals surface area contributed by atoms with E-state index in [9.17, 15) is 22.0 Å². The monoisotopic (exact) mass is 604 g/mol. The second-order valence-corrected chi connectivity index (χ2v) is 12.6. The van der Waals surface area contributed by atoms with Gasteiger partial charge in [-0.15, -0.1) is 11.3 Å². The second kappa shape index (κ2) is 11.8. The second-order valence-electron chi connectivity index (χ2n) is 9.97. The first-order valence-electron chi connectivity index (χ1n) is 12.4. The lowest BCUT2D eigenvalue weighted by Crippen LogP contribution is -2.26. The van der Waals surface area contributed by atoms with E-state index in [0.717, 1.165) is 6.07 Å². The van der Waals surface area contributed by atoms with Crippen LogP contribution >= 0.6 is 11.3 Å². The van der Waals surface area contributed by atoms with Crippen molar-refractivity contribution in [3.05, 3.63) is 71.1 Å². The fraction of sp³-hybridized carbons (Fsp3) is 0.259. The molecule has 2 aromatic carbocycles. The van der Waals surface area contributed by atoms with Gasteiger partial charge < -0.3 is 10.6 Å². The highest BCUT2D eigenvalue weighted by molar-refractivity contribution is 7.92. The molecular weight excluding hydrogens is 577 g/mol. The van der Waals surface area contributed by atoms with Gasteiger partial charge in [-0.2, -0.15) is 0 Å². The molecule has 0 aliphatic carbocycles. The molecule has 1 amide bonds. The van der Waals surface area contributed by atoms with Crippen LogP contribution in [0.4, 0.5) is 24.8 Å². The first-order chi connectivity index (χ1) is 19.3. The minimum absolute atomic E-state index is 0.0227. The molecule has 9 nitrogen and oxygen atoms in total. The smallest absolute Gasteiger partial charge is 0.265 e. The molecule has 0 spiro atoms. The minimum Gasteiger partial charge on any atom is -0.355 e. The van der Waals surface area contributed by atoms with E-state index in [1.54, 1.807) is 6.07 Å². The molecule has 0 fully saturated rings. The van der Waals surface area contributed by atoms with Crippen molar-refractivity contribution in [1.29, 1.82) is 0 Å². The minimum atomic E-state index is -4.67. The Labute approximate surface area is 239 Å². The van der Waals surface area contributed by atoms with Crippen LogP contribution in [0.25, 0.3) is 21.8 Å². The number of anilines is 2. The summed E-state index contributed by atoms with van der Waals surface area (Å²) < 4.78 is 71.5. The maximum atomic E-state index is 15.9. The first-order valence-corrected chi connectivity index (χ1v) is 14.7. The summed E-state index contributed by atoms with van der Waals surface area (Å²) in [5.41, 5.74) is -0.235. The Morgan fingerprint density at radius 1 is 1.02 bits per heavy atom. The lowest BCUT2D eigenvalue weighted by Gasteiger charge is -2.14. The molecule has 0 bridgehead atoms. The average molecular weight is 605 g/mol. The molecule has 2 heterocycles. The fourth-order valence-electron chi connectivity index (χ4n) is 3.66. The van der Waals surface area contributed by atoms with E-state index in [-0.39, 0.29) is 23.1 Å². The Morgan fingerprint density at radius 3 is 2.49 bits per heavy atom. The number of halogens is 3. The van der Waals surface area contributed by atoms with E-state index in [2.05, 4.69) is 20.6 Å². The Balaban J connectivity index is 1.75. The molecule has 4 aromatic rings. The zero-order chi connectivity index (χ0) is 29.9. The van der Waals surface area contributed by atoms with Gasteiger partial charge in [-0.25, -0.2) is 36.5 Å². The number of amides is 1. The predicted octanol–water partition coefficient (Wildman–Crippen LogP) is 5.33. The zero-order valence-corrected chi connectivity index (χ0v) is 24.2. The topological polar surface area (TPSA) is 126 Å². The van der Waals surface area contributed by atoms with Gasteiger partial charge in [-0.1, -0.05) is 26.8 Å². The van der Waals surface area contributed by atoms with Gasteiger partial charge in [-0.3, -0.25) is 9.52 Å². The van der Waals surface area contributed by atoms with Crippen molar-refractivity contribution in [2.24, 2.45) is 0 Å². The highest BCUT2D eigenvalue weighted by Gasteiger charge is 2.27. The summed E-state index contributed by atoms with van der Waals surface area (Å²) >= 11 is 1.30. The van der Waals surface area contributed by atoms with Gasteiger partial charge in [0.05, 0.1) is 27.0 Å². The molecule has 0 aliphatic heterocycles. The number of hydrogen-bond donors (Lipinski definition) is 3. The molecule has 0 aliphatic rings. The molecule has 0 saturated heterocycles. The molecule has 216 valence electrons. The third-order valence-corrected chi connectivity index (χ3v) is 8.50. The molecule has 41 heavy (non-hydrogen) atoms. The summed E-state index contributed by atoms with van der Waals surface area (Å²) in [4.78, 5) is 24.1. The Bertz CT molecular complexity index is 1700. The van der Waals surface area contributed by atoms with Crippen LogP contribution in [0.1, 0.15) is 32.7 Å². The van der Waals surface area contributed by atoms with Gasteiger partial charge in [-0.05, 0) is 36.4 Å². The van der Waals surface area contributed by atoms with Gasteiger partial charge in [0.15, 0.2) is 5.82 Å². The van der Waals surface area contributed by atoms with Crippen molar-refractivity contribution in [2.45, 2.75) is 38.0 Å². The highest BCUT2D eigenvalue weighted by atomic mass is 32.2. The van der Waals surface area contributed by atoms with Crippen LogP contribution in [0.15, 0.2) is 53.6 Å². The van der Waals surface area contributed by atoms with Gasteiger partial charge in [0.1, 0.15) is 16.5 Å². The lowest BCUT2D eigenvalue weighted by molar-refractivity contribution is -0.118. The number of hydrogen-bond acceptors (Lipinski definition) is 8. The summed E-state index contributed by atoms with van der Waals surface area (Å²) in [7, 11) is -4.67. The van der Waals surface area contributed by atoms with Crippen molar-refractivity contribution in [2.75, 3.05) is 23.1 Å². The summed E-state index contributed by atoms with van der Waals surface area (Å²) in [6.07, 6.45) is 1.53. The quantitative estimate of drug-likeness (QED) is 0.221. The third kappa shape index (κ3) is 7.00. The van der Waals surface area contributed by atoms with Crippen molar-refractivity contribution in [3.8, 4) is 21.8 Å². The van der Waals surface area contributed by atoms with Crippen LogP contribution in [0.5, 0.6) is 0 Å². The van der Waals surface area contributed by atoms with Crippen molar-refractivity contribution in [3.63, 3.8) is 0 Å². The van der Waals surface area contributed by atoms with E-state index in [4.69, 9.17) is 4.98 Å². The van der Waals surface area contributed by atoms with Gasteiger partial charge in [0, 0.05) is 37.2 Å². The van der Waals surface area contributed by atoms with Crippen LogP contribution < -0.4 is 15.4 Å². The number of sulfonamides is 1. The molecule has 0 radical (unpaired) electrons. The van der Waals surface area contributed by atoms with Crippen molar-refractivity contribution >= 4 is 38.9 Å². The summed E-state index contributed by atoms with van der Waals surface area (Å²) in [6.45, 7) is 7.98. The molecule has 0 unspecified atom stereocenters. The van der Waals surface area contributed by atoms with Crippen LogP contribution in [0.2, 0.25) is 0 Å². The highest BCUT2D eigenvalue weighted by Crippen LogP contribution is 2.42. The first kappa shape index (κ1) is 29.9. The number of rotatable bonds is 9. The molecule has 3 N–H and O–H groups in total. The number of carbonyl (C=O) groups excluding carboxylic acids is 1. The van der Waals surface area contributed by atoms with E-state index >= 15 is 4.39 Å². The Hall–Kier alpha value is -4.04. The van der Waals surface area contributed by atoms with Crippen LogP contribution in [-0.2, 0) is 20.2 Å². The average Bonchev–Trinajstić information content (AvgIpc) is 3.35. The molecule has 4 rings (SSSR count). The van der Waals surface area contributed by atoms with E-state index in [1.165, 1.54) is 42.7 Å². The van der Waals surface area contributed by atoms with Gasteiger partial charge in [0.25, 0.3) is 10.0 Å². The number of benzene rings is 2. The Morgan fingerprint density at radius 2 is 1.78 bits per heavy atom. The van der Waals surface area contributed by atoms with Crippen molar-refractivity contribution in [1.82, 2.24) is 20.3 Å². The summed E-state index contributed by atoms with van der Waals surface area (Å²) in [6, 6.07) is 7.65.